The van der Waals surface area contributed by atoms with Gasteiger partial charge < -0.3 is 15.3 Å². The van der Waals surface area contributed by atoms with Gasteiger partial charge in [-0.1, -0.05) is 22.9 Å². The molecule has 1 aliphatic heterocycles. The molecule has 0 aromatic heterocycles. The average molecular weight is 341 g/mol. The first-order chi connectivity index (χ1) is 9.52. The Labute approximate surface area is 126 Å². The number of hydrogen-bond donors (Lipinski definition) is 2. The lowest BCUT2D eigenvalue weighted by molar-refractivity contribution is -0.141. The lowest BCUT2D eigenvalue weighted by Gasteiger charge is -2.22. The number of carboxylic acid groups (broad SMARTS) is 1. The maximum atomic E-state index is 12.2. The number of nitrogens with one attached hydrogen (secondary N) is 1. The number of anilines is 1. The van der Waals surface area contributed by atoms with Crippen LogP contribution in [0, 0.1) is 0 Å². The molecular formula is C14H17BrN2O3. The number of hydrogen-bond acceptors (Lipinski definition) is 2. The van der Waals surface area contributed by atoms with Gasteiger partial charge in [-0.05, 0) is 43.0 Å². The molecule has 20 heavy (non-hydrogen) atoms. The second-order valence-corrected chi connectivity index (χ2v) is 5.69. The summed E-state index contributed by atoms with van der Waals surface area (Å²) in [5.74, 6) is -0.941. The monoisotopic (exact) mass is 340 g/mol. The van der Waals surface area contributed by atoms with Crippen LogP contribution in [0.15, 0.2) is 22.7 Å². The van der Waals surface area contributed by atoms with Crippen LogP contribution in [0.3, 0.4) is 0 Å². The van der Waals surface area contributed by atoms with E-state index in [1.165, 1.54) is 4.90 Å². The Balaban J connectivity index is 2.13. The van der Waals surface area contributed by atoms with Crippen molar-refractivity contribution in [2.24, 2.45) is 0 Å². The van der Waals surface area contributed by atoms with Crippen molar-refractivity contribution in [2.75, 3.05) is 11.9 Å². The van der Waals surface area contributed by atoms with Crippen molar-refractivity contribution in [3.63, 3.8) is 0 Å². The fourth-order valence-corrected chi connectivity index (χ4v) is 2.84. The van der Waals surface area contributed by atoms with E-state index in [9.17, 15) is 9.59 Å². The minimum Gasteiger partial charge on any atom is -0.480 e. The largest absolute Gasteiger partial charge is 0.480 e. The van der Waals surface area contributed by atoms with Gasteiger partial charge in [-0.3, -0.25) is 0 Å². The number of halogens is 1. The molecule has 1 aromatic rings. The molecule has 0 aliphatic carbocycles. The molecule has 1 unspecified atom stereocenters. The molecule has 1 fully saturated rings. The first-order valence-electron chi connectivity index (χ1n) is 6.61. The maximum Gasteiger partial charge on any atom is 0.326 e. The van der Waals surface area contributed by atoms with Gasteiger partial charge in [-0.25, -0.2) is 9.59 Å². The summed E-state index contributed by atoms with van der Waals surface area (Å²) >= 11 is 3.40. The molecule has 5 nitrogen and oxygen atoms in total. The number of urea groups is 1. The number of carboxylic acids is 1. The number of benzene rings is 1. The van der Waals surface area contributed by atoms with Crippen LogP contribution >= 0.6 is 15.9 Å². The van der Waals surface area contributed by atoms with Gasteiger partial charge in [-0.2, -0.15) is 0 Å². The SMILES string of the molecule is CCc1cc(Br)ccc1NC(=O)N1CCCC1C(=O)O. The Bertz CT molecular complexity index is 533. The van der Waals surface area contributed by atoms with E-state index < -0.39 is 12.0 Å². The van der Waals surface area contributed by atoms with Gasteiger partial charge in [0, 0.05) is 16.7 Å². The third-order valence-corrected chi connectivity index (χ3v) is 3.98. The van der Waals surface area contributed by atoms with Crippen LogP contribution in [-0.4, -0.2) is 34.6 Å². The molecule has 1 aromatic carbocycles. The van der Waals surface area contributed by atoms with Gasteiger partial charge >= 0.3 is 12.0 Å². The van der Waals surface area contributed by atoms with Crippen LogP contribution in [0.2, 0.25) is 0 Å². The molecule has 0 radical (unpaired) electrons. The molecule has 2 N–H and O–H groups in total. The molecule has 1 aliphatic rings. The minimum atomic E-state index is -0.941. The third-order valence-electron chi connectivity index (χ3n) is 3.49. The Morgan fingerprint density at radius 2 is 2.25 bits per heavy atom. The van der Waals surface area contributed by atoms with Crippen LogP contribution < -0.4 is 5.32 Å². The normalized spacial score (nSPS) is 18.1. The second kappa shape index (κ2) is 6.26. The van der Waals surface area contributed by atoms with Gasteiger partial charge in [0.15, 0.2) is 0 Å². The van der Waals surface area contributed by atoms with E-state index in [2.05, 4.69) is 21.2 Å². The molecule has 1 atom stereocenters. The topological polar surface area (TPSA) is 69.6 Å². The zero-order chi connectivity index (χ0) is 14.7. The molecule has 2 rings (SSSR count). The predicted molar refractivity (Wildman–Crippen MR) is 79.9 cm³/mol. The van der Waals surface area contributed by atoms with Gasteiger partial charge in [0.05, 0.1) is 0 Å². The number of aryl methyl sites for hydroxylation is 1. The summed E-state index contributed by atoms with van der Waals surface area (Å²) in [5.41, 5.74) is 1.75. The van der Waals surface area contributed by atoms with Crippen LogP contribution in [0.5, 0.6) is 0 Å². The first kappa shape index (κ1) is 14.8. The lowest BCUT2D eigenvalue weighted by atomic mass is 10.1. The second-order valence-electron chi connectivity index (χ2n) is 4.77. The molecule has 2 amide bonds. The molecule has 6 heteroatoms. The van der Waals surface area contributed by atoms with E-state index in [0.717, 1.165) is 28.6 Å². The number of carbonyl (C=O) groups excluding carboxylic acids is 1. The highest BCUT2D eigenvalue weighted by molar-refractivity contribution is 9.10. The molecule has 0 bridgehead atoms. The Morgan fingerprint density at radius 1 is 1.50 bits per heavy atom. The first-order valence-corrected chi connectivity index (χ1v) is 7.41. The zero-order valence-electron chi connectivity index (χ0n) is 11.2. The summed E-state index contributed by atoms with van der Waals surface area (Å²) in [6.45, 7) is 2.49. The van der Waals surface area contributed by atoms with E-state index in [4.69, 9.17) is 5.11 Å². The Morgan fingerprint density at radius 3 is 2.90 bits per heavy atom. The van der Waals surface area contributed by atoms with E-state index in [1.807, 2.05) is 25.1 Å². The standard InChI is InChI=1S/C14H17BrN2O3/c1-2-9-8-10(15)5-6-11(9)16-14(20)17-7-3-4-12(17)13(18)19/h5-6,8,12H,2-4,7H2,1H3,(H,16,20)(H,18,19). The van der Waals surface area contributed by atoms with Gasteiger partial charge in [0.2, 0.25) is 0 Å². The Kier molecular flexibility index (Phi) is 4.65. The van der Waals surface area contributed by atoms with Crippen molar-refractivity contribution in [1.82, 2.24) is 4.90 Å². The maximum absolute atomic E-state index is 12.2. The van der Waals surface area contributed by atoms with Crippen molar-refractivity contribution in [3.8, 4) is 0 Å². The minimum absolute atomic E-state index is 0.341. The fourth-order valence-electron chi connectivity index (χ4n) is 2.43. The average Bonchev–Trinajstić information content (AvgIpc) is 2.90. The van der Waals surface area contributed by atoms with Gasteiger partial charge in [0.25, 0.3) is 0 Å². The number of aliphatic carboxylic acids is 1. The van der Waals surface area contributed by atoms with Crippen LogP contribution in [0.25, 0.3) is 0 Å². The molecule has 108 valence electrons. The fraction of sp³-hybridized carbons (Fsp3) is 0.429. The number of carbonyl (C=O) groups is 2. The van der Waals surface area contributed by atoms with Gasteiger partial charge in [0.1, 0.15) is 6.04 Å². The Hall–Kier alpha value is -1.56. The summed E-state index contributed by atoms with van der Waals surface area (Å²) in [6, 6.07) is 4.58. The van der Waals surface area contributed by atoms with Crippen LogP contribution in [-0.2, 0) is 11.2 Å². The van der Waals surface area contributed by atoms with Crippen molar-refractivity contribution in [3.05, 3.63) is 28.2 Å². The van der Waals surface area contributed by atoms with Gasteiger partial charge in [-0.15, -0.1) is 0 Å². The van der Waals surface area contributed by atoms with Crippen molar-refractivity contribution < 1.29 is 14.7 Å². The molecule has 0 saturated carbocycles. The summed E-state index contributed by atoms with van der Waals surface area (Å²) in [5, 5.41) is 11.9. The highest BCUT2D eigenvalue weighted by atomic mass is 79.9. The lowest BCUT2D eigenvalue weighted by Crippen LogP contribution is -2.42. The summed E-state index contributed by atoms with van der Waals surface area (Å²) in [6.07, 6.45) is 2.03. The number of nitrogens with zero attached hydrogens (tertiary/aromatic N) is 1. The van der Waals surface area contributed by atoms with E-state index in [0.29, 0.717) is 13.0 Å². The van der Waals surface area contributed by atoms with Crippen LogP contribution in [0.4, 0.5) is 10.5 Å². The van der Waals surface area contributed by atoms with Crippen molar-refractivity contribution >= 4 is 33.6 Å². The molecular weight excluding hydrogens is 324 g/mol. The summed E-state index contributed by atoms with van der Waals surface area (Å²) < 4.78 is 0.955. The number of amides is 2. The highest BCUT2D eigenvalue weighted by Crippen LogP contribution is 2.24. The summed E-state index contributed by atoms with van der Waals surface area (Å²) in [7, 11) is 0. The smallest absolute Gasteiger partial charge is 0.326 e. The predicted octanol–water partition coefficient (Wildman–Crippen LogP) is 3.09. The molecule has 1 saturated heterocycles. The quantitative estimate of drug-likeness (QED) is 0.888. The molecule has 0 spiro atoms. The van der Waals surface area contributed by atoms with Crippen molar-refractivity contribution in [1.29, 1.82) is 0 Å². The van der Waals surface area contributed by atoms with Crippen LogP contribution in [0.1, 0.15) is 25.3 Å². The molecule has 1 heterocycles. The van der Waals surface area contributed by atoms with E-state index in [1.54, 1.807) is 0 Å². The number of rotatable bonds is 3. The number of likely N-dealkylation sites (tertiary alicyclic amines) is 1. The van der Waals surface area contributed by atoms with Crippen molar-refractivity contribution in [2.45, 2.75) is 32.2 Å². The highest BCUT2D eigenvalue weighted by Gasteiger charge is 2.34. The zero-order valence-corrected chi connectivity index (χ0v) is 12.8. The summed E-state index contributed by atoms with van der Waals surface area (Å²) in [4.78, 5) is 24.7. The van der Waals surface area contributed by atoms with E-state index >= 15 is 0 Å². The van der Waals surface area contributed by atoms with E-state index in [-0.39, 0.29) is 6.03 Å². The third kappa shape index (κ3) is 3.12.